The standard InChI is InChI=1S/C9H16O3.C6H14O2.C3H3F5.C2H5F.6CH4/c1-4-8(3)11-6-7-12-9(10)5-2;1-3-6(2)8-5-4-7;4-1-2(5)3(6,7)8;1-2-3;;;;;;/h5,8H,2,4,6-7H2,1,3H3;6-7H,3-5H2,1-2H3;2H,1H2;2H2,1H3;6*1H4. The van der Waals surface area contributed by atoms with E-state index in [2.05, 4.69) is 13.5 Å². The second-order valence-corrected chi connectivity index (χ2v) is 5.71. The van der Waals surface area contributed by atoms with Crippen LogP contribution in [0.3, 0.4) is 0 Å². The molecule has 0 aliphatic rings. The number of hydrogen-bond acceptors (Lipinski definition) is 5. The summed E-state index contributed by atoms with van der Waals surface area (Å²) in [7, 11) is 0. The largest absolute Gasteiger partial charge is 0.460 e. The maximum atomic E-state index is 11.1. The molecule has 0 spiro atoms. The summed E-state index contributed by atoms with van der Waals surface area (Å²) >= 11 is 0. The van der Waals surface area contributed by atoms with Crippen LogP contribution in [0.2, 0.25) is 0 Å². The SMILES string of the molecule is C.C.C.C.C.C.C=CC(=O)OCCOC(C)CC.CCC(C)OCCO.CCF.FCC(F)C(F)(F)F. The third-order valence-electron chi connectivity index (χ3n) is 3.03. The molecule has 0 amide bonds. The summed E-state index contributed by atoms with van der Waals surface area (Å²) in [5, 5.41) is 8.29. The highest BCUT2D eigenvalue weighted by molar-refractivity contribution is 5.81. The van der Waals surface area contributed by atoms with Crippen molar-refractivity contribution in [1.82, 2.24) is 0 Å². The molecule has 0 radical (unpaired) electrons. The van der Waals surface area contributed by atoms with Gasteiger partial charge in [-0.25, -0.2) is 13.6 Å². The summed E-state index contributed by atoms with van der Waals surface area (Å²) < 4.78 is 79.8. The summed E-state index contributed by atoms with van der Waals surface area (Å²) in [5.74, 6) is -0.400. The number of alkyl halides is 6. The van der Waals surface area contributed by atoms with Crippen LogP contribution in [0.15, 0.2) is 12.7 Å². The van der Waals surface area contributed by atoms with Crippen molar-refractivity contribution in [3.05, 3.63) is 12.7 Å². The molecule has 0 saturated heterocycles. The van der Waals surface area contributed by atoms with E-state index in [-0.39, 0.29) is 63.9 Å². The van der Waals surface area contributed by atoms with E-state index >= 15 is 0 Å². The molecule has 0 fully saturated rings. The molecule has 0 aliphatic carbocycles. The summed E-state index contributed by atoms with van der Waals surface area (Å²) in [6, 6.07) is 0. The molecule has 3 unspecified atom stereocenters. The molecule has 0 aromatic carbocycles. The molecule has 11 heteroatoms. The van der Waals surface area contributed by atoms with E-state index in [1.807, 2.05) is 20.8 Å². The highest BCUT2D eigenvalue weighted by atomic mass is 19.4. The quantitative estimate of drug-likeness (QED) is 0.117. The van der Waals surface area contributed by atoms with E-state index < -0.39 is 25.0 Å². The van der Waals surface area contributed by atoms with Crippen LogP contribution in [-0.2, 0) is 19.0 Å². The van der Waals surface area contributed by atoms with Gasteiger partial charge in [0.25, 0.3) is 0 Å². The minimum Gasteiger partial charge on any atom is -0.460 e. The first-order chi connectivity index (χ1) is 14.4. The predicted octanol–water partition coefficient (Wildman–Crippen LogP) is 8.97. The number of rotatable bonds is 11. The minimum atomic E-state index is -5.03. The van der Waals surface area contributed by atoms with Crippen LogP contribution < -0.4 is 0 Å². The first kappa shape index (κ1) is 65.1. The fourth-order valence-corrected chi connectivity index (χ4v) is 1.03. The highest BCUT2D eigenvalue weighted by Gasteiger charge is 2.39. The molecule has 5 nitrogen and oxygen atoms in total. The van der Waals surface area contributed by atoms with Gasteiger partial charge in [0.05, 0.1) is 38.7 Å². The van der Waals surface area contributed by atoms with Crippen LogP contribution >= 0.6 is 0 Å². The summed E-state index contributed by atoms with van der Waals surface area (Å²) in [4.78, 5) is 10.5. The maximum Gasteiger partial charge on any atom is 0.422 e. The van der Waals surface area contributed by atoms with Crippen molar-refractivity contribution >= 4 is 5.97 Å². The van der Waals surface area contributed by atoms with Gasteiger partial charge in [-0.15, -0.1) is 0 Å². The predicted molar refractivity (Wildman–Crippen MR) is 149 cm³/mol. The fraction of sp³-hybridized carbons (Fsp3) is 0.885. The number of ether oxygens (including phenoxy) is 3. The number of hydrogen-bond donors (Lipinski definition) is 1. The Morgan fingerprint density at radius 1 is 0.865 bits per heavy atom. The van der Waals surface area contributed by atoms with Crippen LogP contribution in [0.4, 0.5) is 26.3 Å². The lowest BCUT2D eigenvalue weighted by atomic mass is 10.3. The Labute approximate surface area is 226 Å². The van der Waals surface area contributed by atoms with E-state index in [0.717, 1.165) is 18.9 Å². The van der Waals surface area contributed by atoms with Gasteiger partial charge in [0.15, 0.2) is 0 Å². The lowest BCUT2D eigenvalue weighted by molar-refractivity contribution is -0.183. The molecule has 0 heterocycles. The lowest BCUT2D eigenvalue weighted by Gasteiger charge is -2.09. The molecule has 0 rings (SSSR count). The average molecular weight is 569 g/mol. The molecule has 0 bridgehead atoms. The number of aliphatic hydroxyl groups is 1. The number of carbonyl (C=O) groups is 1. The van der Waals surface area contributed by atoms with Crippen LogP contribution in [0.1, 0.15) is 92.0 Å². The Balaban J connectivity index is -0.0000000331. The second-order valence-electron chi connectivity index (χ2n) is 5.71. The summed E-state index contributed by atoms with van der Waals surface area (Å²) in [6.45, 7) is 11.9. The maximum absolute atomic E-state index is 11.1. The first-order valence-corrected chi connectivity index (χ1v) is 9.87. The topological polar surface area (TPSA) is 65.0 Å². The van der Waals surface area contributed by atoms with Crippen LogP contribution in [0.5, 0.6) is 0 Å². The summed E-state index contributed by atoms with van der Waals surface area (Å²) in [5.41, 5.74) is 0. The number of carbonyl (C=O) groups excluding carboxylic acids is 1. The molecule has 0 aliphatic heterocycles. The van der Waals surface area contributed by atoms with Gasteiger partial charge in [-0.05, 0) is 33.6 Å². The minimum absolute atomic E-state index is 0. The van der Waals surface area contributed by atoms with Gasteiger partial charge in [0.1, 0.15) is 13.3 Å². The third kappa shape index (κ3) is 66.0. The van der Waals surface area contributed by atoms with E-state index in [1.54, 1.807) is 0 Å². The number of aliphatic hydroxyl groups excluding tert-OH is 1. The van der Waals surface area contributed by atoms with Crippen molar-refractivity contribution in [2.45, 2.75) is 117 Å². The van der Waals surface area contributed by atoms with E-state index in [4.69, 9.17) is 19.3 Å². The van der Waals surface area contributed by atoms with Gasteiger partial charge in [-0.1, -0.05) is 65.0 Å². The van der Waals surface area contributed by atoms with Crippen molar-refractivity contribution in [3.63, 3.8) is 0 Å². The molecular formula is C26H62F6O5. The van der Waals surface area contributed by atoms with Gasteiger partial charge >= 0.3 is 12.1 Å². The van der Waals surface area contributed by atoms with Crippen molar-refractivity contribution in [2.24, 2.45) is 0 Å². The Morgan fingerprint density at radius 2 is 1.22 bits per heavy atom. The zero-order valence-electron chi connectivity index (χ0n) is 19.0. The fourth-order valence-electron chi connectivity index (χ4n) is 1.03. The van der Waals surface area contributed by atoms with Crippen molar-refractivity contribution in [3.8, 4) is 0 Å². The van der Waals surface area contributed by atoms with Crippen LogP contribution in [0.25, 0.3) is 0 Å². The van der Waals surface area contributed by atoms with Crippen molar-refractivity contribution in [2.75, 3.05) is 39.8 Å². The summed E-state index contributed by atoms with van der Waals surface area (Å²) in [6.07, 6.45) is -4.70. The average Bonchev–Trinajstić information content (AvgIpc) is 2.74. The Bertz CT molecular complexity index is 387. The molecule has 1 N–H and O–H groups in total. The Kier molecular flexibility index (Phi) is 84.1. The zero-order valence-corrected chi connectivity index (χ0v) is 19.0. The van der Waals surface area contributed by atoms with Crippen molar-refractivity contribution < 1.29 is 50.5 Å². The second kappa shape index (κ2) is 47.8. The van der Waals surface area contributed by atoms with Gasteiger partial charge in [0.2, 0.25) is 6.17 Å². The Hall–Kier alpha value is -1.33. The highest BCUT2D eigenvalue weighted by Crippen LogP contribution is 2.22. The number of esters is 1. The van der Waals surface area contributed by atoms with E-state index in [9.17, 15) is 31.1 Å². The molecule has 238 valence electrons. The molecular weight excluding hydrogens is 506 g/mol. The third-order valence-corrected chi connectivity index (χ3v) is 3.03. The zero-order chi connectivity index (χ0) is 25.3. The van der Waals surface area contributed by atoms with Gasteiger partial charge < -0.3 is 19.3 Å². The smallest absolute Gasteiger partial charge is 0.422 e. The monoisotopic (exact) mass is 568 g/mol. The normalized spacial score (nSPS) is 10.9. The molecule has 0 aromatic heterocycles. The van der Waals surface area contributed by atoms with Gasteiger partial charge in [-0.2, -0.15) is 13.2 Å². The first-order valence-electron chi connectivity index (χ1n) is 9.87. The molecule has 0 aromatic rings. The van der Waals surface area contributed by atoms with E-state index in [0.29, 0.717) is 25.9 Å². The molecule has 37 heavy (non-hydrogen) atoms. The van der Waals surface area contributed by atoms with Crippen molar-refractivity contribution in [1.29, 1.82) is 0 Å². The molecule has 3 atom stereocenters. The van der Waals surface area contributed by atoms with Gasteiger partial charge in [0, 0.05) is 6.08 Å². The van der Waals surface area contributed by atoms with E-state index in [1.165, 1.54) is 6.92 Å². The molecule has 0 saturated carbocycles. The van der Waals surface area contributed by atoms with Crippen LogP contribution in [0, 0.1) is 0 Å². The number of halogens is 6. The van der Waals surface area contributed by atoms with Gasteiger partial charge in [-0.3, -0.25) is 4.39 Å². The Morgan fingerprint density at radius 3 is 1.43 bits per heavy atom. The lowest BCUT2D eigenvalue weighted by Crippen LogP contribution is -2.25. The van der Waals surface area contributed by atoms with Crippen LogP contribution in [-0.4, -0.2) is 75.4 Å².